The summed E-state index contributed by atoms with van der Waals surface area (Å²) in [6, 6.07) is 15.5. The number of aromatic hydroxyl groups is 1. The third-order valence-electron chi connectivity index (χ3n) is 4.97. The molecule has 0 aliphatic carbocycles. The number of carbonyl (C=O) groups is 1. The largest absolute Gasteiger partial charge is 0.507 e. The van der Waals surface area contributed by atoms with E-state index in [0.717, 1.165) is 0 Å². The predicted octanol–water partition coefficient (Wildman–Crippen LogP) is 3.56. The second-order valence-electron chi connectivity index (χ2n) is 7.16. The van der Waals surface area contributed by atoms with E-state index < -0.39 is 11.6 Å². The number of phenolic OH excluding ortho intramolecular Hbond substituents is 1. The van der Waals surface area contributed by atoms with Gasteiger partial charge in [-0.1, -0.05) is 24.3 Å². The first-order valence-corrected chi connectivity index (χ1v) is 9.75. The lowest BCUT2D eigenvalue weighted by Crippen LogP contribution is -2.42. The van der Waals surface area contributed by atoms with Crippen molar-refractivity contribution in [1.82, 2.24) is 15.4 Å². The van der Waals surface area contributed by atoms with Crippen LogP contribution in [0.5, 0.6) is 5.75 Å². The SMILES string of the molecule is C/C(=N\NC(=O)c1ccccc1O)N1N=C(c2ccncc2)OC1(C)c1ccc(F)cc1. The molecule has 1 aliphatic heterocycles. The van der Waals surface area contributed by atoms with Gasteiger partial charge in [0.1, 0.15) is 17.4 Å². The molecule has 2 aromatic carbocycles. The summed E-state index contributed by atoms with van der Waals surface area (Å²) in [5.41, 5.74) is 2.68. The molecule has 2 heterocycles. The number of pyridine rings is 1. The molecule has 2 N–H and O–H groups in total. The van der Waals surface area contributed by atoms with Crippen molar-refractivity contribution in [3.63, 3.8) is 0 Å². The van der Waals surface area contributed by atoms with Crippen molar-refractivity contribution < 1.29 is 19.0 Å². The van der Waals surface area contributed by atoms with Crippen LogP contribution in [0.2, 0.25) is 0 Å². The Bertz CT molecular complexity index is 1200. The first kappa shape index (κ1) is 21.0. The number of para-hydroxylation sites is 1. The highest BCUT2D eigenvalue weighted by Crippen LogP contribution is 2.36. The van der Waals surface area contributed by atoms with Crippen LogP contribution in [-0.4, -0.2) is 32.7 Å². The van der Waals surface area contributed by atoms with Crippen molar-refractivity contribution in [3.05, 3.63) is 95.6 Å². The third-order valence-corrected chi connectivity index (χ3v) is 4.97. The maximum atomic E-state index is 13.5. The first-order valence-electron chi connectivity index (χ1n) is 9.75. The summed E-state index contributed by atoms with van der Waals surface area (Å²) in [4.78, 5) is 16.4. The molecule has 1 aliphatic rings. The standard InChI is InChI=1S/C23H20FN5O3/c1-15(26-27-21(31)19-5-3-4-6-20(19)30)29-23(2,17-7-9-18(24)10-8-17)32-22(28-29)16-11-13-25-14-12-16/h3-14,30H,1-2H3,(H,27,31)/b26-15+. The van der Waals surface area contributed by atoms with Gasteiger partial charge in [0.15, 0.2) is 0 Å². The van der Waals surface area contributed by atoms with E-state index in [0.29, 0.717) is 22.9 Å². The van der Waals surface area contributed by atoms with Crippen LogP contribution in [0.3, 0.4) is 0 Å². The lowest BCUT2D eigenvalue weighted by Gasteiger charge is -2.32. The quantitative estimate of drug-likeness (QED) is 0.372. The topological polar surface area (TPSA) is 99.4 Å². The fraction of sp³-hybridized carbons (Fsp3) is 0.130. The Kier molecular flexibility index (Phi) is 5.55. The number of carbonyl (C=O) groups excluding carboxylic acids is 1. The van der Waals surface area contributed by atoms with Crippen molar-refractivity contribution in [1.29, 1.82) is 0 Å². The molecule has 32 heavy (non-hydrogen) atoms. The van der Waals surface area contributed by atoms with Crippen LogP contribution >= 0.6 is 0 Å². The molecule has 8 nitrogen and oxygen atoms in total. The van der Waals surface area contributed by atoms with Crippen LogP contribution in [0, 0.1) is 5.82 Å². The van der Waals surface area contributed by atoms with Gasteiger partial charge in [0.25, 0.3) is 5.91 Å². The van der Waals surface area contributed by atoms with E-state index >= 15 is 0 Å². The molecule has 0 saturated heterocycles. The lowest BCUT2D eigenvalue weighted by molar-refractivity contribution is -0.0103. The van der Waals surface area contributed by atoms with E-state index in [1.165, 1.54) is 29.3 Å². The number of aromatic nitrogens is 1. The summed E-state index contributed by atoms with van der Waals surface area (Å²) >= 11 is 0. The molecule has 0 spiro atoms. The van der Waals surface area contributed by atoms with Crippen LogP contribution in [0.25, 0.3) is 0 Å². The summed E-state index contributed by atoms with van der Waals surface area (Å²) in [6.07, 6.45) is 3.24. The zero-order chi connectivity index (χ0) is 22.7. The second kappa shape index (κ2) is 8.46. The molecule has 0 saturated carbocycles. The molecule has 162 valence electrons. The molecule has 1 unspecified atom stereocenters. The van der Waals surface area contributed by atoms with E-state index in [1.54, 1.807) is 62.6 Å². The van der Waals surface area contributed by atoms with Crippen molar-refractivity contribution >= 4 is 17.6 Å². The van der Waals surface area contributed by atoms with Crippen molar-refractivity contribution in [3.8, 4) is 5.75 Å². The average molecular weight is 433 g/mol. The molecule has 4 rings (SSSR count). The Balaban J connectivity index is 1.67. The number of amidine groups is 1. The summed E-state index contributed by atoms with van der Waals surface area (Å²) in [7, 11) is 0. The Labute approximate surface area is 183 Å². The maximum absolute atomic E-state index is 13.5. The number of hydrogen-bond acceptors (Lipinski definition) is 6. The van der Waals surface area contributed by atoms with Crippen molar-refractivity contribution in [2.24, 2.45) is 10.2 Å². The van der Waals surface area contributed by atoms with Crippen LogP contribution < -0.4 is 5.43 Å². The first-order chi connectivity index (χ1) is 15.4. The van der Waals surface area contributed by atoms with Crippen LogP contribution in [0.1, 0.15) is 35.3 Å². The summed E-state index contributed by atoms with van der Waals surface area (Å²) in [5.74, 6) is -0.483. The number of hydrogen-bond donors (Lipinski definition) is 2. The van der Waals surface area contributed by atoms with Crippen molar-refractivity contribution in [2.75, 3.05) is 0 Å². The highest BCUT2D eigenvalue weighted by Gasteiger charge is 2.44. The maximum Gasteiger partial charge on any atom is 0.275 e. The van der Waals surface area contributed by atoms with Crippen LogP contribution in [0.15, 0.2) is 83.3 Å². The van der Waals surface area contributed by atoms with Gasteiger partial charge in [0, 0.05) is 30.4 Å². The van der Waals surface area contributed by atoms with E-state index in [1.807, 2.05) is 0 Å². The van der Waals surface area contributed by atoms with Crippen molar-refractivity contribution in [2.45, 2.75) is 19.6 Å². The second-order valence-corrected chi connectivity index (χ2v) is 7.16. The molecular weight excluding hydrogens is 413 g/mol. The molecule has 1 atom stereocenters. The van der Waals surface area contributed by atoms with Gasteiger partial charge in [-0.05, 0) is 43.3 Å². The Morgan fingerprint density at radius 1 is 1.12 bits per heavy atom. The number of hydrazone groups is 2. The number of ether oxygens (including phenoxy) is 1. The number of nitrogens with one attached hydrogen (secondary N) is 1. The van der Waals surface area contributed by atoms with E-state index in [4.69, 9.17) is 4.74 Å². The fourth-order valence-electron chi connectivity index (χ4n) is 3.28. The Morgan fingerprint density at radius 2 is 1.81 bits per heavy atom. The summed E-state index contributed by atoms with van der Waals surface area (Å²) < 4.78 is 19.7. The Hall–Kier alpha value is -4.27. The van der Waals surface area contributed by atoms with E-state index in [-0.39, 0.29) is 17.1 Å². The van der Waals surface area contributed by atoms with Gasteiger partial charge in [-0.2, -0.15) is 5.10 Å². The van der Waals surface area contributed by atoms with E-state index in [2.05, 4.69) is 20.6 Å². The van der Waals surface area contributed by atoms with Gasteiger partial charge < -0.3 is 9.84 Å². The number of phenols is 1. The molecule has 0 bridgehead atoms. The van der Waals surface area contributed by atoms with E-state index in [9.17, 15) is 14.3 Å². The predicted molar refractivity (Wildman–Crippen MR) is 116 cm³/mol. The van der Waals surface area contributed by atoms with Gasteiger partial charge >= 0.3 is 0 Å². The summed E-state index contributed by atoms with van der Waals surface area (Å²) in [5, 5.41) is 20.1. The van der Waals surface area contributed by atoms with Crippen LogP contribution in [-0.2, 0) is 10.5 Å². The smallest absolute Gasteiger partial charge is 0.275 e. The Morgan fingerprint density at radius 3 is 2.50 bits per heavy atom. The highest BCUT2D eigenvalue weighted by atomic mass is 19.1. The number of amides is 1. The molecule has 1 aromatic heterocycles. The summed E-state index contributed by atoms with van der Waals surface area (Å²) in [6.45, 7) is 3.41. The number of rotatable bonds is 4. The highest BCUT2D eigenvalue weighted by molar-refractivity contribution is 5.99. The zero-order valence-corrected chi connectivity index (χ0v) is 17.4. The fourth-order valence-corrected chi connectivity index (χ4v) is 3.28. The zero-order valence-electron chi connectivity index (χ0n) is 17.4. The van der Waals surface area contributed by atoms with Gasteiger partial charge in [0.2, 0.25) is 11.6 Å². The number of nitrogens with zero attached hydrogens (tertiary/aromatic N) is 4. The molecular formula is C23H20FN5O3. The van der Waals surface area contributed by atoms with Gasteiger partial charge in [-0.15, -0.1) is 5.10 Å². The minimum absolute atomic E-state index is 0.0870. The number of benzene rings is 2. The monoisotopic (exact) mass is 433 g/mol. The minimum atomic E-state index is -1.15. The lowest BCUT2D eigenvalue weighted by atomic mass is 10.0. The molecule has 0 fully saturated rings. The third kappa shape index (κ3) is 4.00. The molecule has 3 aromatic rings. The molecule has 0 radical (unpaired) electrons. The van der Waals surface area contributed by atoms with Gasteiger partial charge in [0.05, 0.1) is 5.56 Å². The average Bonchev–Trinajstić information content (AvgIpc) is 3.17. The van der Waals surface area contributed by atoms with Crippen LogP contribution in [0.4, 0.5) is 4.39 Å². The molecule has 1 amide bonds. The minimum Gasteiger partial charge on any atom is -0.507 e. The molecule has 9 heteroatoms. The number of halogens is 1. The normalized spacial score (nSPS) is 18.2. The van der Waals surface area contributed by atoms with Gasteiger partial charge in [-0.3, -0.25) is 9.78 Å². The van der Waals surface area contributed by atoms with Gasteiger partial charge in [-0.25, -0.2) is 14.8 Å².